The highest BCUT2D eigenvalue weighted by Gasteiger charge is 2.08. The number of pyridine rings is 1. The van der Waals surface area contributed by atoms with Gasteiger partial charge in [-0.3, -0.25) is 4.79 Å². The van der Waals surface area contributed by atoms with Gasteiger partial charge in [0.2, 0.25) is 0 Å². The zero-order chi connectivity index (χ0) is 15.2. The molecule has 1 aromatic carbocycles. The Morgan fingerprint density at radius 2 is 1.90 bits per heavy atom. The molecule has 5 nitrogen and oxygen atoms in total. The lowest BCUT2D eigenvalue weighted by Gasteiger charge is -2.10. The molecule has 1 N–H and O–H groups in total. The van der Waals surface area contributed by atoms with Gasteiger partial charge in [0.1, 0.15) is 5.69 Å². The molecule has 0 spiro atoms. The molecule has 0 fully saturated rings. The van der Waals surface area contributed by atoms with E-state index in [1.165, 1.54) is 0 Å². The summed E-state index contributed by atoms with van der Waals surface area (Å²) in [6, 6.07) is 10.9. The third-order valence-corrected chi connectivity index (χ3v) is 3.02. The molecule has 0 aliphatic carbocycles. The van der Waals surface area contributed by atoms with Gasteiger partial charge < -0.3 is 14.8 Å². The Labute approximate surface area is 123 Å². The standard InChI is InChI=1S/C16H18N2O3/c1-11-5-4-6-13(18-11)16(19)17-10-12-7-8-14(20-2)15(9-12)21-3/h4-9H,10H2,1-3H3,(H,17,19). The van der Waals surface area contributed by atoms with Gasteiger partial charge in [0.15, 0.2) is 11.5 Å². The van der Waals surface area contributed by atoms with E-state index in [9.17, 15) is 4.79 Å². The number of ether oxygens (including phenoxy) is 2. The Kier molecular flexibility index (Phi) is 4.77. The van der Waals surface area contributed by atoms with E-state index in [2.05, 4.69) is 10.3 Å². The molecule has 2 rings (SSSR count). The average Bonchev–Trinajstić information content (AvgIpc) is 2.52. The Balaban J connectivity index is 2.04. The van der Waals surface area contributed by atoms with E-state index < -0.39 is 0 Å². The van der Waals surface area contributed by atoms with Crippen molar-refractivity contribution in [2.24, 2.45) is 0 Å². The number of carbonyl (C=O) groups excluding carboxylic acids is 1. The maximum absolute atomic E-state index is 12.0. The predicted molar refractivity (Wildman–Crippen MR) is 79.7 cm³/mol. The molecule has 1 amide bonds. The monoisotopic (exact) mass is 286 g/mol. The van der Waals surface area contributed by atoms with Crippen molar-refractivity contribution in [3.05, 3.63) is 53.3 Å². The van der Waals surface area contributed by atoms with Gasteiger partial charge in [-0.1, -0.05) is 12.1 Å². The number of hydrogen-bond acceptors (Lipinski definition) is 4. The summed E-state index contributed by atoms with van der Waals surface area (Å²) in [6.07, 6.45) is 0. The van der Waals surface area contributed by atoms with E-state index in [1.54, 1.807) is 20.3 Å². The fourth-order valence-corrected chi connectivity index (χ4v) is 1.93. The van der Waals surface area contributed by atoms with Gasteiger partial charge in [0.25, 0.3) is 5.91 Å². The summed E-state index contributed by atoms with van der Waals surface area (Å²) < 4.78 is 10.4. The maximum atomic E-state index is 12.0. The molecule has 0 radical (unpaired) electrons. The first-order chi connectivity index (χ1) is 10.1. The summed E-state index contributed by atoms with van der Waals surface area (Å²) in [7, 11) is 3.17. The number of aryl methyl sites for hydroxylation is 1. The Morgan fingerprint density at radius 3 is 2.57 bits per heavy atom. The molecule has 0 atom stereocenters. The summed E-state index contributed by atoms with van der Waals surface area (Å²) in [5.74, 6) is 1.10. The second-order valence-corrected chi connectivity index (χ2v) is 4.54. The lowest BCUT2D eigenvalue weighted by Crippen LogP contribution is -2.23. The molecular weight excluding hydrogens is 268 g/mol. The molecule has 0 aliphatic rings. The number of benzene rings is 1. The minimum Gasteiger partial charge on any atom is -0.493 e. The average molecular weight is 286 g/mol. The third kappa shape index (κ3) is 3.72. The third-order valence-electron chi connectivity index (χ3n) is 3.02. The van der Waals surface area contributed by atoms with Crippen LogP contribution in [0.1, 0.15) is 21.7 Å². The number of nitrogens with one attached hydrogen (secondary N) is 1. The number of carbonyl (C=O) groups is 1. The van der Waals surface area contributed by atoms with E-state index in [0.29, 0.717) is 23.7 Å². The molecule has 1 heterocycles. The fourth-order valence-electron chi connectivity index (χ4n) is 1.93. The van der Waals surface area contributed by atoms with E-state index in [0.717, 1.165) is 11.3 Å². The van der Waals surface area contributed by atoms with E-state index in [4.69, 9.17) is 9.47 Å². The van der Waals surface area contributed by atoms with Gasteiger partial charge in [0.05, 0.1) is 14.2 Å². The molecule has 0 aliphatic heterocycles. The minimum absolute atomic E-state index is 0.200. The first kappa shape index (κ1) is 14.8. The van der Waals surface area contributed by atoms with Crippen LogP contribution in [0.3, 0.4) is 0 Å². The van der Waals surface area contributed by atoms with Crippen LogP contribution in [-0.2, 0) is 6.54 Å². The first-order valence-corrected chi connectivity index (χ1v) is 6.57. The first-order valence-electron chi connectivity index (χ1n) is 6.57. The van der Waals surface area contributed by atoms with Crippen molar-refractivity contribution in [1.29, 1.82) is 0 Å². The van der Waals surface area contributed by atoms with Crippen molar-refractivity contribution < 1.29 is 14.3 Å². The van der Waals surface area contributed by atoms with Gasteiger partial charge in [0, 0.05) is 12.2 Å². The van der Waals surface area contributed by atoms with Crippen molar-refractivity contribution in [2.75, 3.05) is 14.2 Å². The quantitative estimate of drug-likeness (QED) is 0.916. The number of hydrogen-bond donors (Lipinski definition) is 1. The summed E-state index contributed by atoms with van der Waals surface area (Å²) in [4.78, 5) is 16.2. The highest BCUT2D eigenvalue weighted by atomic mass is 16.5. The Hall–Kier alpha value is -2.56. The van der Waals surface area contributed by atoms with Gasteiger partial charge in [-0.2, -0.15) is 0 Å². The molecule has 1 aromatic heterocycles. The Morgan fingerprint density at radius 1 is 1.14 bits per heavy atom. The molecule has 0 saturated carbocycles. The van der Waals surface area contributed by atoms with Gasteiger partial charge in [-0.25, -0.2) is 4.98 Å². The van der Waals surface area contributed by atoms with Crippen LogP contribution in [0.5, 0.6) is 11.5 Å². The molecular formula is C16H18N2O3. The van der Waals surface area contributed by atoms with Gasteiger partial charge >= 0.3 is 0 Å². The van der Waals surface area contributed by atoms with Crippen molar-refractivity contribution in [3.8, 4) is 11.5 Å². The molecule has 0 unspecified atom stereocenters. The van der Waals surface area contributed by atoms with Crippen LogP contribution >= 0.6 is 0 Å². The number of amides is 1. The summed E-state index contributed by atoms with van der Waals surface area (Å²) >= 11 is 0. The number of nitrogens with zero attached hydrogens (tertiary/aromatic N) is 1. The van der Waals surface area contributed by atoms with Crippen LogP contribution in [0.4, 0.5) is 0 Å². The second kappa shape index (κ2) is 6.74. The highest BCUT2D eigenvalue weighted by molar-refractivity contribution is 5.92. The van der Waals surface area contributed by atoms with Crippen LogP contribution in [0.25, 0.3) is 0 Å². The number of aromatic nitrogens is 1. The summed E-state index contributed by atoms with van der Waals surface area (Å²) in [6.45, 7) is 2.25. The number of methoxy groups -OCH3 is 2. The zero-order valence-electron chi connectivity index (χ0n) is 12.3. The molecule has 0 saturated heterocycles. The van der Waals surface area contributed by atoms with Crippen LogP contribution in [-0.4, -0.2) is 25.1 Å². The molecule has 0 bridgehead atoms. The SMILES string of the molecule is COc1ccc(CNC(=O)c2cccc(C)n2)cc1OC. The molecule has 5 heteroatoms. The lowest BCUT2D eigenvalue weighted by atomic mass is 10.2. The molecule has 110 valence electrons. The molecule has 2 aromatic rings. The summed E-state index contributed by atoms with van der Waals surface area (Å²) in [5, 5.41) is 2.83. The van der Waals surface area contributed by atoms with E-state index >= 15 is 0 Å². The van der Waals surface area contributed by atoms with Crippen molar-refractivity contribution in [3.63, 3.8) is 0 Å². The van der Waals surface area contributed by atoms with Gasteiger partial charge in [-0.05, 0) is 36.8 Å². The van der Waals surface area contributed by atoms with Crippen LogP contribution in [0.2, 0.25) is 0 Å². The van der Waals surface area contributed by atoms with Crippen LogP contribution in [0.15, 0.2) is 36.4 Å². The zero-order valence-corrected chi connectivity index (χ0v) is 12.3. The maximum Gasteiger partial charge on any atom is 0.270 e. The predicted octanol–water partition coefficient (Wildman–Crippen LogP) is 2.34. The fraction of sp³-hybridized carbons (Fsp3) is 0.250. The van der Waals surface area contributed by atoms with E-state index in [-0.39, 0.29) is 5.91 Å². The Bertz CT molecular complexity index is 641. The smallest absolute Gasteiger partial charge is 0.270 e. The van der Waals surface area contributed by atoms with Crippen molar-refractivity contribution in [1.82, 2.24) is 10.3 Å². The summed E-state index contributed by atoms with van der Waals surface area (Å²) in [5.41, 5.74) is 2.15. The second-order valence-electron chi connectivity index (χ2n) is 4.54. The molecule has 21 heavy (non-hydrogen) atoms. The normalized spacial score (nSPS) is 10.0. The van der Waals surface area contributed by atoms with Gasteiger partial charge in [-0.15, -0.1) is 0 Å². The van der Waals surface area contributed by atoms with Crippen LogP contribution in [0, 0.1) is 6.92 Å². The van der Waals surface area contributed by atoms with Crippen molar-refractivity contribution in [2.45, 2.75) is 13.5 Å². The highest BCUT2D eigenvalue weighted by Crippen LogP contribution is 2.27. The topological polar surface area (TPSA) is 60.5 Å². The number of rotatable bonds is 5. The van der Waals surface area contributed by atoms with E-state index in [1.807, 2.05) is 37.3 Å². The van der Waals surface area contributed by atoms with Crippen LogP contribution < -0.4 is 14.8 Å². The minimum atomic E-state index is -0.200. The van der Waals surface area contributed by atoms with Crippen molar-refractivity contribution >= 4 is 5.91 Å². The largest absolute Gasteiger partial charge is 0.493 e. The lowest BCUT2D eigenvalue weighted by molar-refractivity contribution is 0.0945.